The van der Waals surface area contributed by atoms with E-state index in [1.165, 1.54) is 0 Å². The van der Waals surface area contributed by atoms with Crippen molar-refractivity contribution in [3.63, 3.8) is 0 Å². The molecule has 0 spiro atoms. The maximum absolute atomic E-state index is 13.5. The third kappa shape index (κ3) is 4.11. The van der Waals surface area contributed by atoms with Crippen LogP contribution in [0.5, 0.6) is 0 Å². The second-order valence-corrected chi connectivity index (χ2v) is 8.75. The lowest BCUT2D eigenvalue weighted by Gasteiger charge is -2.36. The van der Waals surface area contributed by atoms with E-state index in [-0.39, 0.29) is 17.7 Å². The number of ether oxygens (including phenoxy) is 1. The highest BCUT2D eigenvalue weighted by Gasteiger charge is 2.32. The van der Waals surface area contributed by atoms with E-state index >= 15 is 0 Å². The minimum Gasteiger partial charge on any atom is -0.378 e. The van der Waals surface area contributed by atoms with E-state index < -0.39 is 0 Å². The smallest absolute Gasteiger partial charge is 0.257 e. The van der Waals surface area contributed by atoms with Gasteiger partial charge in [-0.25, -0.2) is 4.98 Å². The Morgan fingerprint density at radius 3 is 2.35 bits per heavy atom. The topological polar surface area (TPSA) is 66.0 Å². The van der Waals surface area contributed by atoms with Crippen LogP contribution in [0.3, 0.4) is 0 Å². The van der Waals surface area contributed by atoms with Crippen LogP contribution < -0.4 is 4.90 Å². The second kappa shape index (κ2) is 8.83. The molecule has 1 aromatic heterocycles. The van der Waals surface area contributed by atoms with Crippen molar-refractivity contribution in [1.29, 1.82) is 0 Å². The van der Waals surface area contributed by atoms with Crippen molar-refractivity contribution < 1.29 is 14.3 Å². The normalized spacial score (nSPS) is 20.5. The maximum Gasteiger partial charge on any atom is 0.257 e. The summed E-state index contributed by atoms with van der Waals surface area (Å²) in [5.74, 6) is 1.08. The first-order valence-corrected chi connectivity index (χ1v) is 11.5. The number of pyridine rings is 1. The number of benzene rings is 1. The SMILES string of the molecule is O=C(c1cc2ccccc2nc1N1CCCC1)N1CCC(C(=O)N2CCOCC2)CC1. The van der Waals surface area contributed by atoms with Crippen molar-refractivity contribution in [3.05, 3.63) is 35.9 Å². The van der Waals surface area contributed by atoms with Crippen LogP contribution in [0.1, 0.15) is 36.0 Å². The lowest BCUT2D eigenvalue weighted by molar-refractivity contribution is -0.141. The Bertz CT molecular complexity index is 958. The summed E-state index contributed by atoms with van der Waals surface area (Å²) in [6.07, 6.45) is 3.72. The molecular formula is C24H30N4O3. The highest BCUT2D eigenvalue weighted by molar-refractivity contribution is 6.02. The molecule has 5 rings (SSSR count). The summed E-state index contributed by atoms with van der Waals surface area (Å²) in [4.78, 5) is 37.3. The van der Waals surface area contributed by atoms with Gasteiger partial charge in [0, 0.05) is 50.6 Å². The number of hydrogen-bond donors (Lipinski definition) is 0. The molecule has 164 valence electrons. The van der Waals surface area contributed by atoms with Gasteiger partial charge in [0.05, 0.1) is 24.3 Å². The average molecular weight is 423 g/mol. The molecule has 4 heterocycles. The zero-order chi connectivity index (χ0) is 21.2. The van der Waals surface area contributed by atoms with Crippen molar-refractivity contribution >= 4 is 28.5 Å². The first-order chi connectivity index (χ1) is 15.2. The van der Waals surface area contributed by atoms with Crippen molar-refractivity contribution in [2.45, 2.75) is 25.7 Å². The second-order valence-electron chi connectivity index (χ2n) is 8.75. The van der Waals surface area contributed by atoms with Gasteiger partial charge in [-0.2, -0.15) is 0 Å². The predicted molar refractivity (Wildman–Crippen MR) is 119 cm³/mol. The van der Waals surface area contributed by atoms with Crippen molar-refractivity contribution in [2.24, 2.45) is 5.92 Å². The molecule has 0 bridgehead atoms. The summed E-state index contributed by atoms with van der Waals surface area (Å²) in [5.41, 5.74) is 1.62. The molecule has 0 radical (unpaired) electrons. The number of piperidine rings is 1. The van der Waals surface area contributed by atoms with Crippen LogP contribution in [0.4, 0.5) is 5.82 Å². The fraction of sp³-hybridized carbons (Fsp3) is 0.542. The first kappa shape index (κ1) is 20.2. The molecule has 3 saturated heterocycles. The molecular weight excluding hydrogens is 392 g/mol. The Balaban J connectivity index is 1.33. The largest absolute Gasteiger partial charge is 0.378 e. The van der Waals surface area contributed by atoms with Gasteiger partial charge < -0.3 is 19.4 Å². The van der Waals surface area contributed by atoms with Crippen LogP contribution in [-0.4, -0.2) is 79.1 Å². The Morgan fingerprint density at radius 1 is 0.903 bits per heavy atom. The van der Waals surface area contributed by atoms with Gasteiger partial charge in [0.25, 0.3) is 5.91 Å². The molecule has 0 unspecified atom stereocenters. The molecule has 0 aliphatic carbocycles. The third-order valence-electron chi connectivity index (χ3n) is 6.79. The Hall–Kier alpha value is -2.67. The van der Waals surface area contributed by atoms with Crippen molar-refractivity contribution in [2.75, 3.05) is 57.4 Å². The number of fused-ring (bicyclic) bond motifs is 1. The fourth-order valence-electron chi connectivity index (χ4n) is 4.97. The van der Waals surface area contributed by atoms with Gasteiger partial charge in [-0.05, 0) is 37.8 Å². The molecule has 31 heavy (non-hydrogen) atoms. The monoisotopic (exact) mass is 422 g/mol. The minimum atomic E-state index is 0.00920. The van der Waals surface area contributed by atoms with E-state index in [2.05, 4.69) is 4.90 Å². The summed E-state index contributed by atoms with van der Waals surface area (Å²) < 4.78 is 5.36. The van der Waals surface area contributed by atoms with Crippen molar-refractivity contribution in [1.82, 2.24) is 14.8 Å². The number of rotatable bonds is 3. The van der Waals surface area contributed by atoms with Gasteiger partial charge in [-0.15, -0.1) is 0 Å². The molecule has 3 aliphatic heterocycles. The van der Waals surface area contributed by atoms with Gasteiger partial charge in [-0.3, -0.25) is 9.59 Å². The van der Waals surface area contributed by atoms with E-state index in [9.17, 15) is 9.59 Å². The zero-order valence-electron chi connectivity index (χ0n) is 18.0. The molecule has 3 aliphatic rings. The molecule has 7 nitrogen and oxygen atoms in total. The van der Waals surface area contributed by atoms with E-state index in [1.807, 2.05) is 40.1 Å². The zero-order valence-corrected chi connectivity index (χ0v) is 18.0. The molecule has 1 aromatic carbocycles. The Morgan fingerprint density at radius 2 is 1.61 bits per heavy atom. The third-order valence-corrected chi connectivity index (χ3v) is 6.79. The van der Waals surface area contributed by atoms with Gasteiger partial charge in [0.2, 0.25) is 5.91 Å². The number of anilines is 1. The number of morpholine rings is 1. The van der Waals surface area contributed by atoms with E-state index in [4.69, 9.17) is 9.72 Å². The quantitative estimate of drug-likeness (QED) is 0.761. The predicted octanol–water partition coefficient (Wildman–Crippen LogP) is 2.55. The Kier molecular flexibility index (Phi) is 5.76. The van der Waals surface area contributed by atoms with Crippen LogP contribution in [0.25, 0.3) is 10.9 Å². The molecule has 3 fully saturated rings. The molecule has 0 N–H and O–H groups in total. The van der Waals surface area contributed by atoms with Crippen LogP contribution in [-0.2, 0) is 9.53 Å². The summed E-state index contributed by atoms with van der Waals surface area (Å²) >= 11 is 0. The highest BCUT2D eigenvalue weighted by atomic mass is 16.5. The fourth-order valence-corrected chi connectivity index (χ4v) is 4.97. The lowest BCUT2D eigenvalue weighted by atomic mass is 9.94. The Labute approximate surface area is 183 Å². The van der Waals surface area contributed by atoms with E-state index in [0.29, 0.717) is 45.0 Å². The minimum absolute atomic E-state index is 0.00920. The van der Waals surface area contributed by atoms with Crippen molar-refractivity contribution in [3.8, 4) is 0 Å². The molecule has 0 atom stereocenters. The lowest BCUT2D eigenvalue weighted by Crippen LogP contribution is -2.47. The number of amides is 2. The highest BCUT2D eigenvalue weighted by Crippen LogP contribution is 2.29. The van der Waals surface area contributed by atoms with E-state index in [1.54, 1.807) is 0 Å². The number of nitrogens with zero attached hydrogens (tertiary/aromatic N) is 4. The number of para-hydroxylation sites is 1. The molecule has 2 aromatic rings. The standard InChI is InChI=1S/C24H30N4O3/c29-23(28-13-15-31-16-14-28)18-7-11-27(12-8-18)24(30)20-17-19-5-1-2-6-21(19)25-22(20)26-9-3-4-10-26/h1-2,5-6,17-18H,3-4,7-16H2. The molecule has 7 heteroatoms. The van der Waals surface area contributed by atoms with Crippen LogP contribution in [0.15, 0.2) is 30.3 Å². The van der Waals surface area contributed by atoms with Crippen LogP contribution in [0.2, 0.25) is 0 Å². The van der Waals surface area contributed by atoms with Gasteiger partial charge in [0.1, 0.15) is 5.82 Å². The summed E-state index contributed by atoms with van der Waals surface area (Å²) in [6, 6.07) is 9.99. The molecule has 0 saturated carbocycles. The van der Waals surface area contributed by atoms with E-state index in [0.717, 1.165) is 55.5 Å². The van der Waals surface area contributed by atoms with Gasteiger partial charge >= 0.3 is 0 Å². The van der Waals surface area contributed by atoms with Crippen LogP contribution >= 0.6 is 0 Å². The summed E-state index contributed by atoms with van der Waals surface area (Å²) in [6.45, 7) is 5.73. The summed E-state index contributed by atoms with van der Waals surface area (Å²) in [7, 11) is 0. The number of likely N-dealkylation sites (tertiary alicyclic amines) is 1. The van der Waals surface area contributed by atoms with Gasteiger partial charge in [-0.1, -0.05) is 18.2 Å². The van der Waals surface area contributed by atoms with Gasteiger partial charge in [0.15, 0.2) is 0 Å². The van der Waals surface area contributed by atoms with Crippen LogP contribution in [0, 0.1) is 5.92 Å². The number of carbonyl (C=O) groups is 2. The molecule has 2 amide bonds. The number of carbonyl (C=O) groups excluding carboxylic acids is 2. The summed E-state index contributed by atoms with van der Waals surface area (Å²) in [5, 5.41) is 0.992. The number of hydrogen-bond acceptors (Lipinski definition) is 5. The maximum atomic E-state index is 13.5. The first-order valence-electron chi connectivity index (χ1n) is 11.5. The number of aromatic nitrogens is 1. The average Bonchev–Trinajstić information content (AvgIpc) is 3.38.